The summed E-state index contributed by atoms with van der Waals surface area (Å²) < 4.78 is 0. The molecule has 0 radical (unpaired) electrons. The Kier molecular flexibility index (Phi) is 7.11. The zero-order chi connectivity index (χ0) is 17.1. The summed E-state index contributed by atoms with van der Waals surface area (Å²) in [6.07, 6.45) is 3.64. The number of carbonyl (C=O) groups is 2. The van der Waals surface area contributed by atoms with Gasteiger partial charge in [-0.15, -0.1) is 12.4 Å². The second-order valence-electron chi connectivity index (χ2n) is 6.78. The summed E-state index contributed by atoms with van der Waals surface area (Å²) in [5, 5.41) is 7.11. The maximum Gasteiger partial charge on any atom is 0.225 e. The van der Waals surface area contributed by atoms with E-state index < -0.39 is 0 Å². The van der Waals surface area contributed by atoms with E-state index in [1.807, 2.05) is 17.0 Å². The fraction of sp³-hybridized carbons (Fsp3) is 0.556. The highest BCUT2D eigenvalue weighted by molar-refractivity contribution is 6.30. The Labute approximate surface area is 159 Å². The number of hydrogen-bond acceptors (Lipinski definition) is 3. The second kappa shape index (κ2) is 8.88. The lowest BCUT2D eigenvalue weighted by molar-refractivity contribution is -0.132. The van der Waals surface area contributed by atoms with E-state index in [0.29, 0.717) is 17.1 Å². The molecule has 0 spiro atoms. The summed E-state index contributed by atoms with van der Waals surface area (Å²) >= 11 is 5.93. The Morgan fingerprint density at radius 1 is 1.24 bits per heavy atom. The lowest BCUT2D eigenvalue weighted by Crippen LogP contribution is -2.41. The molecule has 0 saturated carbocycles. The Balaban J connectivity index is 0.00000225. The van der Waals surface area contributed by atoms with Crippen LogP contribution in [0.15, 0.2) is 24.3 Å². The molecular weight excluding hydrogens is 361 g/mol. The molecule has 7 heteroatoms. The quantitative estimate of drug-likeness (QED) is 0.837. The molecule has 2 aliphatic rings. The average Bonchev–Trinajstić information content (AvgIpc) is 2.86. The van der Waals surface area contributed by atoms with Crippen molar-refractivity contribution >= 4 is 35.8 Å². The number of hydrogen-bond donors (Lipinski definition) is 2. The van der Waals surface area contributed by atoms with Crippen LogP contribution in [0.4, 0.5) is 0 Å². The van der Waals surface area contributed by atoms with Gasteiger partial charge in [-0.2, -0.15) is 0 Å². The van der Waals surface area contributed by atoms with Gasteiger partial charge in [0.1, 0.15) is 0 Å². The number of amides is 2. The van der Waals surface area contributed by atoms with Gasteiger partial charge in [0.25, 0.3) is 0 Å². The highest BCUT2D eigenvalue weighted by Crippen LogP contribution is 2.24. The zero-order valence-electron chi connectivity index (χ0n) is 14.3. The molecule has 2 heterocycles. The van der Waals surface area contributed by atoms with Crippen molar-refractivity contribution in [2.75, 3.05) is 13.1 Å². The van der Waals surface area contributed by atoms with Gasteiger partial charge in [-0.25, -0.2) is 0 Å². The van der Waals surface area contributed by atoms with E-state index in [9.17, 15) is 9.59 Å². The van der Waals surface area contributed by atoms with Crippen LogP contribution in [-0.4, -0.2) is 41.9 Å². The summed E-state index contributed by atoms with van der Waals surface area (Å²) in [6, 6.07) is 7.94. The lowest BCUT2D eigenvalue weighted by atomic mass is 10.0. The van der Waals surface area contributed by atoms with E-state index >= 15 is 0 Å². The standard InChI is InChI=1S/C18H24ClN3O2.ClH/c1-12(23)20-17(13-2-4-14(19)5-3-13)10-18(24)22-9-8-15-6-7-16(11-22)21-15;/h2-5,15-17,21H,6-11H2,1H3,(H,20,23);1H. The molecule has 25 heavy (non-hydrogen) atoms. The molecule has 2 aliphatic heterocycles. The maximum atomic E-state index is 12.8. The zero-order valence-corrected chi connectivity index (χ0v) is 15.9. The lowest BCUT2D eigenvalue weighted by Gasteiger charge is -2.27. The largest absolute Gasteiger partial charge is 0.349 e. The molecule has 0 aromatic heterocycles. The van der Waals surface area contributed by atoms with Crippen molar-refractivity contribution in [2.24, 2.45) is 0 Å². The van der Waals surface area contributed by atoms with E-state index in [0.717, 1.165) is 31.5 Å². The Hall–Kier alpha value is -1.30. The van der Waals surface area contributed by atoms with Gasteiger partial charge in [0.2, 0.25) is 11.8 Å². The molecular formula is C18H25Cl2N3O2. The molecule has 3 rings (SSSR count). The minimum Gasteiger partial charge on any atom is -0.349 e. The molecule has 1 aromatic rings. The van der Waals surface area contributed by atoms with Crippen LogP contribution >= 0.6 is 24.0 Å². The molecule has 2 saturated heterocycles. The second-order valence-corrected chi connectivity index (χ2v) is 7.21. The van der Waals surface area contributed by atoms with Crippen molar-refractivity contribution in [3.63, 3.8) is 0 Å². The van der Waals surface area contributed by atoms with Gasteiger partial charge in [0.05, 0.1) is 12.5 Å². The summed E-state index contributed by atoms with van der Waals surface area (Å²) in [5.74, 6) is -0.0441. The number of fused-ring (bicyclic) bond motifs is 2. The Bertz CT molecular complexity index is 609. The molecule has 2 bridgehead atoms. The summed E-state index contributed by atoms with van der Waals surface area (Å²) in [7, 11) is 0. The van der Waals surface area contributed by atoms with Gasteiger partial charge in [-0.1, -0.05) is 23.7 Å². The van der Waals surface area contributed by atoms with E-state index in [-0.39, 0.29) is 36.7 Å². The SMILES string of the molecule is CC(=O)NC(CC(=O)N1CCC2CCC(C1)N2)c1ccc(Cl)cc1.Cl. The Morgan fingerprint density at radius 2 is 1.92 bits per heavy atom. The van der Waals surface area contributed by atoms with Crippen molar-refractivity contribution in [3.05, 3.63) is 34.9 Å². The van der Waals surface area contributed by atoms with Gasteiger partial charge >= 0.3 is 0 Å². The predicted molar refractivity (Wildman–Crippen MR) is 101 cm³/mol. The van der Waals surface area contributed by atoms with Crippen molar-refractivity contribution in [3.8, 4) is 0 Å². The van der Waals surface area contributed by atoms with Crippen LogP contribution in [0.2, 0.25) is 5.02 Å². The van der Waals surface area contributed by atoms with Crippen LogP contribution in [0, 0.1) is 0 Å². The fourth-order valence-electron chi connectivity index (χ4n) is 3.67. The van der Waals surface area contributed by atoms with Crippen LogP contribution in [0.5, 0.6) is 0 Å². The fourth-order valence-corrected chi connectivity index (χ4v) is 3.79. The summed E-state index contributed by atoms with van der Waals surface area (Å²) in [6.45, 7) is 3.03. The van der Waals surface area contributed by atoms with Gasteiger partial charge < -0.3 is 15.5 Å². The maximum absolute atomic E-state index is 12.8. The van der Waals surface area contributed by atoms with Crippen LogP contribution in [0.25, 0.3) is 0 Å². The van der Waals surface area contributed by atoms with Gasteiger partial charge in [0.15, 0.2) is 0 Å². The summed E-state index contributed by atoms with van der Waals surface area (Å²) in [4.78, 5) is 26.3. The minimum absolute atomic E-state index is 0. The minimum atomic E-state index is -0.319. The summed E-state index contributed by atoms with van der Waals surface area (Å²) in [5.41, 5.74) is 0.900. The predicted octanol–water partition coefficient (Wildman–Crippen LogP) is 2.68. The molecule has 0 aliphatic carbocycles. The van der Waals surface area contributed by atoms with E-state index in [1.165, 1.54) is 13.3 Å². The Morgan fingerprint density at radius 3 is 2.60 bits per heavy atom. The first-order valence-corrected chi connectivity index (χ1v) is 8.95. The number of carbonyl (C=O) groups excluding carboxylic acids is 2. The number of halogens is 2. The molecule has 2 amide bonds. The molecule has 5 nitrogen and oxygen atoms in total. The smallest absolute Gasteiger partial charge is 0.225 e. The number of rotatable bonds is 4. The number of likely N-dealkylation sites (tertiary alicyclic amines) is 1. The van der Waals surface area contributed by atoms with Crippen molar-refractivity contribution < 1.29 is 9.59 Å². The van der Waals surface area contributed by atoms with E-state index in [1.54, 1.807) is 12.1 Å². The van der Waals surface area contributed by atoms with Crippen molar-refractivity contribution in [1.29, 1.82) is 0 Å². The van der Waals surface area contributed by atoms with E-state index in [2.05, 4.69) is 10.6 Å². The first kappa shape index (κ1) is 20.0. The number of nitrogens with zero attached hydrogens (tertiary/aromatic N) is 1. The molecule has 2 fully saturated rings. The van der Waals surface area contributed by atoms with Crippen LogP contribution in [-0.2, 0) is 9.59 Å². The topological polar surface area (TPSA) is 61.4 Å². The number of nitrogens with one attached hydrogen (secondary N) is 2. The average molecular weight is 386 g/mol. The van der Waals surface area contributed by atoms with Crippen LogP contribution in [0.3, 0.4) is 0 Å². The number of benzene rings is 1. The highest BCUT2D eigenvalue weighted by Gasteiger charge is 2.32. The molecule has 2 N–H and O–H groups in total. The molecule has 138 valence electrons. The highest BCUT2D eigenvalue weighted by atomic mass is 35.5. The molecule has 3 atom stereocenters. The van der Waals surface area contributed by atoms with E-state index in [4.69, 9.17) is 11.6 Å². The molecule has 3 unspecified atom stereocenters. The normalized spacial score (nSPS) is 23.4. The molecule has 1 aromatic carbocycles. The monoisotopic (exact) mass is 385 g/mol. The van der Waals surface area contributed by atoms with Gasteiger partial charge in [0, 0.05) is 37.1 Å². The van der Waals surface area contributed by atoms with Gasteiger partial charge in [-0.3, -0.25) is 9.59 Å². The van der Waals surface area contributed by atoms with Gasteiger partial charge in [-0.05, 0) is 37.0 Å². The van der Waals surface area contributed by atoms with Crippen molar-refractivity contribution in [1.82, 2.24) is 15.5 Å². The van der Waals surface area contributed by atoms with Crippen molar-refractivity contribution in [2.45, 2.75) is 50.7 Å². The third-order valence-electron chi connectivity index (χ3n) is 4.90. The third kappa shape index (κ3) is 5.33. The van der Waals surface area contributed by atoms with Crippen LogP contribution < -0.4 is 10.6 Å². The third-order valence-corrected chi connectivity index (χ3v) is 5.16. The first-order chi connectivity index (χ1) is 11.5. The van der Waals surface area contributed by atoms with Crippen LogP contribution in [0.1, 0.15) is 44.2 Å². The first-order valence-electron chi connectivity index (χ1n) is 8.57.